The second-order valence-corrected chi connectivity index (χ2v) is 8.40. The van der Waals surface area contributed by atoms with Crippen LogP contribution in [0.1, 0.15) is 30.9 Å². The van der Waals surface area contributed by atoms with Crippen molar-refractivity contribution in [1.29, 1.82) is 0 Å². The van der Waals surface area contributed by atoms with E-state index in [-0.39, 0.29) is 18.2 Å². The number of ether oxygens (including phenoxy) is 3. The fraction of sp³-hybridized carbons (Fsp3) is 0.458. The van der Waals surface area contributed by atoms with Crippen molar-refractivity contribution >= 4 is 6.09 Å². The highest BCUT2D eigenvalue weighted by molar-refractivity contribution is 5.70. The summed E-state index contributed by atoms with van der Waals surface area (Å²) in [6.07, 6.45) is 2.70. The molecule has 6 nitrogen and oxygen atoms in total. The van der Waals surface area contributed by atoms with Crippen molar-refractivity contribution in [3.63, 3.8) is 0 Å². The number of hydrogen-bond donors (Lipinski definition) is 1. The zero-order valence-corrected chi connectivity index (χ0v) is 17.3. The van der Waals surface area contributed by atoms with Gasteiger partial charge in [0.05, 0.1) is 19.8 Å². The van der Waals surface area contributed by atoms with Crippen molar-refractivity contribution in [3.8, 4) is 22.6 Å². The third kappa shape index (κ3) is 3.84. The molecule has 0 saturated carbocycles. The van der Waals surface area contributed by atoms with Gasteiger partial charge in [-0.05, 0) is 61.2 Å². The molecule has 1 amide bonds. The molecule has 6 heteroatoms. The van der Waals surface area contributed by atoms with E-state index in [0.29, 0.717) is 12.5 Å². The normalized spacial score (nSPS) is 27.0. The Labute approximate surface area is 177 Å². The maximum absolute atomic E-state index is 12.6. The molecule has 0 radical (unpaired) electrons. The number of carbonyl (C=O) groups is 1. The number of amides is 1. The number of benzene rings is 2. The van der Waals surface area contributed by atoms with E-state index < -0.39 is 0 Å². The van der Waals surface area contributed by atoms with E-state index in [9.17, 15) is 4.79 Å². The van der Waals surface area contributed by atoms with Crippen molar-refractivity contribution in [3.05, 3.63) is 48.0 Å². The summed E-state index contributed by atoms with van der Waals surface area (Å²) in [5, 5.41) is 3.08. The molecule has 0 spiro atoms. The highest BCUT2D eigenvalue weighted by atomic mass is 16.6. The van der Waals surface area contributed by atoms with Crippen LogP contribution in [0.2, 0.25) is 0 Å². The summed E-state index contributed by atoms with van der Waals surface area (Å²) >= 11 is 0. The molecule has 6 rings (SSSR count). The molecule has 2 aromatic rings. The minimum Gasteiger partial charge on any atom is -0.497 e. The molecule has 3 saturated heterocycles. The van der Waals surface area contributed by atoms with Gasteiger partial charge in [0.15, 0.2) is 0 Å². The van der Waals surface area contributed by atoms with Crippen LogP contribution >= 0.6 is 0 Å². The lowest BCUT2D eigenvalue weighted by Crippen LogP contribution is -2.52. The highest BCUT2D eigenvalue weighted by Gasteiger charge is 2.37. The van der Waals surface area contributed by atoms with Crippen LogP contribution in [0.4, 0.5) is 4.79 Å². The second-order valence-electron chi connectivity index (χ2n) is 8.40. The van der Waals surface area contributed by atoms with Gasteiger partial charge in [-0.1, -0.05) is 24.3 Å². The lowest BCUT2D eigenvalue weighted by atomic mass is 9.86. The fourth-order valence-electron chi connectivity index (χ4n) is 4.88. The van der Waals surface area contributed by atoms with Crippen LogP contribution in [0.3, 0.4) is 0 Å². The van der Waals surface area contributed by atoms with Gasteiger partial charge in [-0.2, -0.15) is 0 Å². The summed E-state index contributed by atoms with van der Waals surface area (Å²) in [4.78, 5) is 15.0. The number of nitrogens with zero attached hydrogens (tertiary/aromatic N) is 1. The van der Waals surface area contributed by atoms with Crippen molar-refractivity contribution in [2.45, 2.75) is 31.4 Å². The molecule has 4 heterocycles. The monoisotopic (exact) mass is 408 g/mol. The Kier molecular flexibility index (Phi) is 5.25. The lowest BCUT2D eigenvalue weighted by molar-refractivity contribution is -0.0342. The maximum Gasteiger partial charge on any atom is 0.407 e. The maximum atomic E-state index is 12.6. The van der Waals surface area contributed by atoms with E-state index in [1.54, 1.807) is 7.11 Å². The smallest absolute Gasteiger partial charge is 0.407 e. The number of piperidine rings is 3. The number of methoxy groups -OCH3 is 1. The van der Waals surface area contributed by atoms with Gasteiger partial charge in [0, 0.05) is 18.5 Å². The van der Waals surface area contributed by atoms with E-state index in [4.69, 9.17) is 14.2 Å². The summed E-state index contributed by atoms with van der Waals surface area (Å²) < 4.78 is 17.1. The van der Waals surface area contributed by atoms with Crippen LogP contribution in [0, 0.1) is 5.92 Å². The summed E-state index contributed by atoms with van der Waals surface area (Å²) in [6, 6.07) is 14.0. The Morgan fingerprint density at radius 3 is 2.70 bits per heavy atom. The van der Waals surface area contributed by atoms with Gasteiger partial charge in [-0.15, -0.1) is 0 Å². The van der Waals surface area contributed by atoms with Gasteiger partial charge in [-0.3, -0.25) is 4.90 Å². The molecule has 4 aliphatic heterocycles. The quantitative estimate of drug-likeness (QED) is 0.829. The summed E-state index contributed by atoms with van der Waals surface area (Å²) in [5.74, 6) is 2.14. The summed E-state index contributed by atoms with van der Waals surface area (Å²) in [5.41, 5.74) is 3.12. The molecular formula is C24H28N2O4. The predicted molar refractivity (Wildman–Crippen MR) is 114 cm³/mol. The standard InChI is InChI=1S/C24H28N2O4/c1-28-19-4-2-3-17(13-19)18-5-6-20-21(9-12-29-22(20)14-18)25-24(27)30-23-15-26-10-7-16(23)8-11-26/h2-6,13-14,16,21,23H,7-12,15H2,1H3,(H,25,27)/t21?,23-/m0/s1. The molecule has 2 atom stereocenters. The van der Waals surface area contributed by atoms with Crippen molar-refractivity contribution < 1.29 is 19.0 Å². The molecule has 4 aliphatic rings. The van der Waals surface area contributed by atoms with E-state index in [1.165, 1.54) is 0 Å². The molecule has 3 fully saturated rings. The topological polar surface area (TPSA) is 60.0 Å². The number of nitrogens with one attached hydrogen (secondary N) is 1. The van der Waals surface area contributed by atoms with Crippen LogP contribution in [-0.2, 0) is 4.74 Å². The van der Waals surface area contributed by atoms with Gasteiger partial charge in [0.1, 0.15) is 17.6 Å². The Balaban J connectivity index is 1.28. The first-order chi connectivity index (χ1) is 14.7. The van der Waals surface area contributed by atoms with Crippen molar-refractivity contribution in [1.82, 2.24) is 10.2 Å². The molecule has 158 valence electrons. The molecule has 0 aliphatic carbocycles. The van der Waals surface area contributed by atoms with Crippen LogP contribution in [0.5, 0.6) is 11.5 Å². The molecular weight excluding hydrogens is 380 g/mol. The third-order valence-electron chi connectivity index (χ3n) is 6.60. The minimum absolute atomic E-state index is 0.0160. The number of fused-ring (bicyclic) bond motifs is 4. The van der Waals surface area contributed by atoms with Crippen molar-refractivity contribution in [2.24, 2.45) is 5.92 Å². The number of rotatable bonds is 4. The van der Waals surface area contributed by atoms with Gasteiger partial charge in [0.2, 0.25) is 0 Å². The molecule has 0 aromatic heterocycles. The average Bonchev–Trinajstić information content (AvgIpc) is 2.80. The predicted octanol–water partition coefficient (Wildman–Crippen LogP) is 4.01. The molecule has 2 aromatic carbocycles. The van der Waals surface area contributed by atoms with Crippen LogP contribution < -0.4 is 14.8 Å². The first kappa shape index (κ1) is 19.2. The third-order valence-corrected chi connectivity index (χ3v) is 6.60. The Morgan fingerprint density at radius 1 is 1.10 bits per heavy atom. The fourth-order valence-corrected chi connectivity index (χ4v) is 4.88. The number of hydrogen-bond acceptors (Lipinski definition) is 5. The number of carbonyl (C=O) groups excluding carboxylic acids is 1. The molecule has 30 heavy (non-hydrogen) atoms. The SMILES string of the molecule is COc1cccc(-c2ccc3c(c2)OCCC3NC(=O)O[C@H]2CN3CCC2CC3)c1. The minimum atomic E-state index is -0.316. The molecule has 1 unspecified atom stereocenters. The van der Waals surface area contributed by atoms with Gasteiger partial charge in [0.25, 0.3) is 0 Å². The highest BCUT2D eigenvalue weighted by Crippen LogP contribution is 2.36. The van der Waals surface area contributed by atoms with Crippen molar-refractivity contribution in [2.75, 3.05) is 33.4 Å². The number of alkyl carbamates (subject to hydrolysis) is 1. The lowest BCUT2D eigenvalue weighted by Gasteiger charge is -2.44. The summed E-state index contributed by atoms with van der Waals surface area (Å²) in [6.45, 7) is 3.70. The van der Waals surface area contributed by atoms with Crippen LogP contribution in [-0.4, -0.2) is 50.4 Å². The van der Waals surface area contributed by atoms with E-state index in [2.05, 4.69) is 16.3 Å². The van der Waals surface area contributed by atoms with Crippen LogP contribution in [0.15, 0.2) is 42.5 Å². The van der Waals surface area contributed by atoms with Gasteiger partial charge in [-0.25, -0.2) is 4.79 Å². The van der Waals surface area contributed by atoms with Crippen LogP contribution in [0.25, 0.3) is 11.1 Å². The average molecular weight is 408 g/mol. The Morgan fingerprint density at radius 2 is 1.93 bits per heavy atom. The van der Waals surface area contributed by atoms with Gasteiger partial charge >= 0.3 is 6.09 Å². The first-order valence-corrected chi connectivity index (χ1v) is 10.8. The second kappa shape index (κ2) is 8.19. The molecule has 2 bridgehead atoms. The first-order valence-electron chi connectivity index (χ1n) is 10.8. The molecule has 1 N–H and O–H groups in total. The van der Waals surface area contributed by atoms with E-state index in [1.807, 2.05) is 36.4 Å². The zero-order valence-electron chi connectivity index (χ0n) is 17.3. The van der Waals surface area contributed by atoms with Gasteiger partial charge < -0.3 is 19.5 Å². The Hall–Kier alpha value is -2.73. The Bertz CT molecular complexity index is 923. The van der Waals surface area contributed by atoms with E-state index in [0.717, 1.165) is 67.1 Å². The summed E-state index contributed by atoms with van der Waals surface area (Å²) in [7, 11) is 1.67. The van der Waals surface area contributed by atoms with E-state index >= 15 is 0 Å². The largest absolute Gasteiger partial charge is 0.497 e. The zero-order chi connectivity index (χ0) is 20.5.